The monoisotopic (exact) mass is 484 g/mol. The van der Waals surface area contributed by atoms with Gasteiger partial charge in [-0.1, -0.05) is 63.5 Å². The van der Waals surface area contributed by atoms with E-state index in [9.17, 15) is 22.8 Å². The molecule has 2 rings (SSSR count). The molecule has 0 aliphatic rings. The summed E-state index contributed by atoms with van der Waals surface area (Å²) in [6.45, 7) is 7.09. The molecule has 1 aromatic heterocycles. The minimum Gasteiger partial charge on any atom is -0.342 e. The van der Waals surface area contributed by atoms with Crippen LogP contribution in [0, 0.1) is 5.92 Å². The van der Waals surface area contributed by atoms with Gasteiger partial charge in [0.1, 0.15) is 5.01 Å². The van der Waals surface area contributed by atoms with E-state index in [-0.39, 0.29) is 23.4 Å². The number of nitrogens with zero attached hydrogens (tertiary/aromatic N) is 3. The Bertz CT molecular complexity index is 898. The molecule has 1 aromatic carbocycles. The molecule has 0 saturated carbocycles. The van der Waals surface area contributed by atoms with Crippen molar-refractivity contribution in [3.63, 3.8) is 0 Å². The normalized spacial score (nSPS) is 11.6. The van der Waals surface area contributed by atoms with Gasteiger partial charge in [-0.15, -0.1) is 10.2 Å². The molecule has 10 heteroatoms. The van der Waals surface area contributed by atoms with Crippen LogP contribution in [-0.4, -0.2) is 40.0 Å². The van der Waals surface area contributed by atoms with Gasteiger partial charge in [0.25, 0.3) is 0 Å². The van der Waals surface area contributed by atoms with Crippen molar-refractivity contribution in [1.82, 2.24) is 15.1 Å². The summed E-state index contributed by atoms with van der Waals surface area (Å²) in [4.78, 5) is 26.7. The third-order valence-electron chi connectivity index (χ3n) is 4.92. The summed E-state index contributed by atoms with van der Waals surface area (Å²) >= 11 is 1.08. The van der Waals surface area contributed by atoms with E-state index in [0.717, 1.165) is 49.2 Å². The van der Waals surface area contributed by atoms with E-state index in [2.05, 4.69) is 22.4 Å². The summed E-state index contributed by atoms with van der Waals surface area (Å²) in [5, 5.41) is 11.2. The number of hydrogen-bond acceptors (Lipinski definition) is 5. The van der Waals surface area contributed by atoms with Gasteiger partial charge in [0.05, 0.1) is 5.56 Å². The zero-order valence-corrected chi connectivity index (χ0v) is 20.1. The highest BCUT2D eigenvalue weighted by atomic mass is 32.1. The van der Waals surface area contributed by atoms with Gasteiger partial charge in [0.15, 0.2) is 0 Å². The van der Waals surface area contributed by atoms with Crippen molar-refractivity contribution in [2.24, 2.45) is 5.92 Å². The average molecular weight is 485 g/mol. The fourth-order valence-electron chi connectivity index (χ4n) is 3.23. The van der Waals surface area contributed by atoms with Crippen molar-refractivity contribution in [2.45, 2.75) is 65.5 Å². The van der Waals surface area contributed by atoms with Crippen molar-refractivity contribution >= 4 is 28.3 Å². The third kappa shape index (κ3) is 9.11. The first-order valence-corrected chi connectivity index (χ1v) is 12.0. The number of amides is 2. The fourth-order valence-corrected chi connectivity index (χ4v) is 4.00. The largest absolute Gasteiger partial charge is 0.416 e. The fraction of sp³-hybridized carbons (Fsp3) is 0.565. The Hall–Kier alpha value is -2.49. The molecule has 1 heterocycles. The van der Waals surface area contributed by atoms with Crippen LogP contribution < -0.4 is 5.32 Å². The Kier molecular flexibility index (Phi) is 10.3. The molecule has 6 nitrogen and oxygen atoms in total. The first-order valence-electron chi connectivity index (χ1n) is 11.2. The lowest BCUT2D eigenvalue weighted by Gasteiger charge is -2.24. The Morgan fingerprint density at radius 1 is 1.06 bits per heavy atom. The summed E-state index contributed by atoms with van der Waals surface area (Å²) < 4.78 is 38.1. The second-order valence-electron chi connectivity index (χ2n) is 8.33. The molecule has 0 aliphatic carbocycles. The standard InChI is InChI=1S/C23H31F3N4O2S/c1-4-5-6-7-8-20(32)30(15-16(2)3)14-13-19(31)27-22-29-28-21(33-22)17-9-11-18(12-10-17)23(24,25)26/h9-12,16H,4-8,13-15H2,1-3H3,(H,27,29,31). The molecule has 0 atom stereocenters. The molecule has 2 amide bonds. The van der Waals surface area contributed by atoms with Crippen molar-refractivity contribution in [3.05, 3.63) is 29.8 Å². The van der Waals surface area contributed by atoms with E-state index < -0.39 is 11.7 Å². The maximum absolute atomic E-state index is 12.7. The average Bonchev–Trinajstić information content (AvgIpc) is 3.21. The molecule has 2 aromatic rings. The van der Waals surface area contributed by atoms with Crippen LogP contribution in [0.1, 0.15) is 64.9 Å². The molecule has 33 heavy (non-hydrogen) atoms. The van der Waals surface area contributed by atoms with Crippen LogP contribution in [-0.2, 0) is 15.8 Å². The number of anilines is 1. The quantitative estimate of drug-likeness (QED) is 0.375. The number of carbonyl (C=O) groups is 2. The highest BCUT2D eigenvalue weighted by Gasteiger charge is 2.30. The molecule has 0 unspecified atom stereocenters. The minimum atomic E-state index is -4.40. The number of aromatic nitrogens is 2. The van der Waals surface area contributed by atoms with Gasteiger partial charge in [-0.2, -0.15) is 13.2 Å². The van der Waals surface area contributed by atoms with Crippen LogP contribution in [0.5, 0.6) is 0 Å². The second-order valence-corrected chi connectivity index (χ2v) is 9.31. The van der Waals surface area contributed by atoms with Crippen molar-refractivity contribution in [2.75, 3.05) is 18.4 Å². The Morgan fingerprint density at radius 3 is 2.36 bits per heavy atom. The number of benzene rings is 1. The van der Waals surface area contributed by atoms with Gasteiger partial charge >= 0.3 is 6.18 Å². The molecule has 182 valence electrons. The first-order chi connectivity index (χ1) is 15.6. The zero-order chi connectivity index (χ0) is 24.4. The molecule has 0 aliphatic heterocycles. The molecule has 0 fully saturated rings. The molecule has 0 saturated heterocycles. The van der Waals surface area contributed by atoms with Gasteiger partial charge in [-0.05, 0) is 24.5 Å². The van der Waals surface area contributed by atoms with Crippen molar-refractivity contribution in [1.29, 1.82) is 0 Å². The van der Waals surface area contributed by atoms with Crippen molar-refractivity contribution < 1.29 is 22.8 Å². The van der Waals surface area contributed by atoms with E-state index in [1.165, 1.54) is 12.1 Å². The molecule has 0 bridgehead atoms. The number of unbranched alkanes of at least 4 members (excludes halogenated alkanes) is 3. The Labute approximate surface area is 196 Å². The summed E-state index contributed by atoms with van der Waals surface area (Å²) in [5.74, 6) is 0.0628. The van der Waals surface area contributed by atoms with Gasteiger partial charge in [-0.3, -0.25) is 9.59 Å². The molecule has 0 spiro atoms. The van der Waals surface area contributed by atoms with Crippen LogP contribution in [0.25, 0.3) is 10.6 Å². The smallest absolute Gasteiger partial charge is 0.342 e. The number of nitrogens with one attached hydrogen (secondary N) is 1. The van der Waals surface area contributed by atoms with E-state index in [1.54, 1.807) is 4.90 Å². The van der Waals surface area contributed by atoms with Crippen LogP contribution in [0.4, 0.5) is 18.3 Å². The Morgan fingerprint density at radius 2 is 1.76 bits per heavy atom. The predicted octanol–water partition coefficient (Wildman–Crippen LogP) is 6.01. The number of hydrogen-bond donors (Lipinski definition) is 1. The number of alkyl halides is 3. The summed E-state index contributed by atoms with van der Waals surface area (Å²) in [7, 11) is 0. The van der Waals surface area contributed by atoms with Crippen LogP contribution in [0.15, 0.2) is 24.3 Å². The second kappa shape index (κ2) is 12.7. The van der Waals surface area contributed by atoms with E-state index in [4.69, 9.17) is 0 Å². The van der Waals surface area contributed by atoms with E-state index >= 15 is 0 Å². The molecular weight excluding hydrogens is 453 g/mol. The summed E-state index contributed by atoms with van der Waals surface area (Å²) in [6, 6.07) is 4.62. The molecule has 0 radical (unpaired) electrons. The number of carbonyl (C=O) groups excluding carboxylic acids is 2. The minimum absolute atomic E-state index is 0.0631. The Balaban J connectivity index is 1.90. The summed E-state index contributed by atoms with van der Waals surface area (Å²) in [5.41, 5.74) is -0.257. The lowest BCUT2D eigenvalue weighted by atomic mass is 10.1. The lowest BCUT2D eigenvalue weighted by Crippen LogP contribution is -2.36. The van der Waals surface area contributed by atoms with Gasteiger partial charge < -0.3 is 10.2 Å². The van der Waals surface area contributed by atoms with E-state index in [0.29, 0.717) is 36.0 Å². The van der Waals surface area contributed by atoms with Crippen LogP contribution in [0.2, 0.25) is 0 Å². The van der Waals surface area contributed by atoms with Gasteiger partial charge in [0.2, 0.25) is 16.9 Å². The van der Waals surface area contributed by atoms with Crippen LogP contribution in [0.3, 0.4) is 0 Å². The van der Waals surface area contributed by atoms with Crippen LogP contribution >= 0.6 is 11.3 Å². The number of rotatable bonds is 12. The lowest BCUT2D eigenvalue weighted by molar-refractivity contribution is -0.137. The highest BCUT2D eigenvalue weighted by Crippen LogP contribution is 2.32. The number of halogens is 3. The highest BCUT2D eigenvalue weighted by molar-refractivity contribution is 7.18. The topological polar surface area (TPSA) is 75.2 Å². The maximum atomic E-state index is 12.7. The van der Waals surface area contributed by atoms with Crippen molar-refractivity contribution in [3.8, 4) is 10.6 Å². The third-order valence-corrected chi connectivity index (χ3v) is 5.81. The first kappa shape index (κ1) is 26.8. The maximum Gasteiger partial charge on any atom is 0.416 e. The van der Waals surface area contributed by atoms with E-state index in [1.807, 2.05) is 13.8 Å². The SMILES string of the molecule is CCCCCCC(=O)N(CCC(=O)Nc1nnc(-c2ccc(C(F)(F)F)cc2)s1)CC(C)C. The molecule has 1 N–H and O–H groups in total. The predicted molar refractivity (Wildman–Crippen MR) is 124 cm³/mol. The summed E-state index contributed by atoms with van der Waals surface area (Å²) in [6.07, 6.45) is 0.303. The molecular formula is C23H31F3N4O2S. The van der Waals surface area contributed by atoms with Gasteiger partial charge in [0, 0.05) is 31.5 Å². The van der Waals surface area contributed by atoms with Gasteiger partial charge in [-0.25, -0.2) is 0 Å². The zero-order valence-electron chi connectivity index (χ0n) is 19.2.